The normalized spacial score (nSPS) is 15.0. The largest absolute Gasteiger partial charge is 0.309 e. The van der Waals surface area contributed by atoms with E-state index in [0.29, 0.717) is 18.6 Å². The van der Waals surface area contributed by atoms with Crippen molar-refractivity contribution in [1.82, 2.24) is 4.90 Å². The molecule has 0 aliphatic carbocycles. The van der Waals surface area contributed by atoms with Crippen LogP contribution in [0.4, 0.5) is 4.39 Å². The van der Waals surface area contributed by atoms with Crippen molar-refractivity contribution in [3.8, 4) is 0 Å². The van der Waals surface area contributed by atoms with E-state index in [4.69, 9.17) is 11.6 Å². The van der Waals surface area contributed by atoms with Crippen LogP contribution in [-0.2, 0) is 4.79 Å². The molecule has 18 heavy (non-hydrogen) atoms. The molecule has 0 fully saturated rings. The molecule has 6 heteroatoms. The summed E-state index contributed by atoms with van der Waals surface area (Å²) < 4.78 is 11.9. The summed E-state index contributed by atoms with van der Waals surface area (Å²) in [5.41, 5.74) is 0.573. The molecule has 0 saturated carbocycles. The second kappa shape index (κ2) is 9.16. The Labute approximate surface area is 117 Å². The summed E-state index contributed by atoms with van der Waals surface area (Å²) in [7, 11) is 1.56. The molecule has 0 bridgehead atoms. The second-order valence-corrected chi connectivity index (χ2v) is 4.92. The average Bonchev–Trinajstić information content (AvgIpc) is 2.40. The Morgan fingerprint density at radius 1 is 1.61 bits per heavy atom. The highest BCUT2D eigenvalue weighted by molar-refractivity contribution is 8.03. The molecule has 0 aliphatic rings. The van der Waals surface area contributed by atoms with E-state index in [1.807, 2.05) is 6.92 Å². The van der Waals surface area contributed by atoms with Gasteiger partial charge in [0.15, 0.2) is 0 Å². The maximum atomic E-state index is 12.2. The Hall–Kier alpha value is -0.810. The topological polar surface area (TPSA) is 32.7 Å². The van der Waals surface area contributed by atoms with Crippen LogP contribution in [-0.4, -0.2) is 34.8 Å². The molecular weight excluding hydrogens is 275 g/mol. The van der Waals surface area contributed by atoms with Crippen LogP contribution in [0.5, 0.6) is 0 Å². The first kappa shape index (κ1) is 17.2. The SMILES string of the molecule is C/C=C(\C(Cl)=NC)N(CC)C(=O)C(C)S/C=C/F. The van der Waals surface area contributed by atoms with Gasteiger partial charge in [0.05, 0.1) is 17.3 Å². The zero-order chi connectivity index (χ0) is 14.1. The summed E-state index contributed by atoms with van der Waals surface area (Å²) in [5.74, 6) is -0.129. The number of thioether (sulfide) groups is 1. The van der Waals surface area contributed by atoms with E-state index in [0.717, 1.165) is 11.8 Å². The third kappa shape index (κ3) is 4.82. The van der Waals surface area contributed by atoms with E-state index in [-0.39, 0.29) is 16.3 Å². The number of halogens is 2. The minimum absolute atomic E-state index is 0.129. The minimum atomic E-state index is -0.381. The summed E-state index contributed by atoms with van der Waals surface area (Å²) in [6.45, 7) is 5.84. The molecule has 102 valence electrons. The summed E-state index contributed by atoms with van der Waals surface area (Å²) in [4.78, 5) is 17.6. The Morgan fingerprint density at radius 2 is 2.22 bits per heavy atom. The lowest BCUT2D eigenvalue weighted by atomic mass is 10.3. The van der Waals surface area contributed by atoms with Gasteiger partial charge in [0.1, 0.15) is 5.17 Å². The number of carbonyl (C=O) groups excluding carboxylic acids is 1. The van der Waals surface area contributed by atoms with Gasteiger partial charge in [-0.1, -0.05) is 17.7 Å². The third-order valence-electron chi connectivity index (χ3n) is 2.24. The van der Waals surface area contributed by atoms with Crippen LogP contribution in [0.25, 0.3) is 0 Å². The fourth-order valence-corrected chi connectivity index (χ4v) is 2.12. The average molecular weight is 293 g/mol. The van der Waals surface area contributed by atoms with E-state index in [9.17, 15) is 9.18 Å². The third-order valence-corrected chi connectivity index (χ3v) is 3.47. The van der Waals surface area contributed by atoms with Crippen LogP contribution in [0, 0.1) is 0 Å². The first-order chi connectivity index (χ1) is 8.53. The Balaban J connectivity index is 5.02. The van der Waals surface area contributed by atoms with Crippen molar-refractivity contribution in [2.45, 2.75) is 26.0 Å². The number of allylic oxidation sites excluding steroid dienone is 2. The maximum Gasteiger partial charge on any atom is 0.240 e. The van der Waals surface area contributed by atoms with Crippen LogP contribution in [0.3, 0.4) is 0 Å². The number of hydrogen-bond acceptors (Lipinski definition) is 3. The number of hydrogen-bond donors (Lipinski definition) is 0. The molecule has 0 spiro atoms. The number of aliphatic imine (C=N–C) groups is 1. The van der Waals surface area contributed by atoms with E-state index in [1.54, 1.807) is 31.9 Å². The lowest BCUT2D eigenvalue weighted by Gasteiger charge is -2.25. The number of carbonyl (C=O) groups is 1. The van der Waals surface area contributed by atoms with Gasteiger partial charge in [0.2, 0.25) is 5.91 Å². The fraction of sp³-hybridized carbons (Fsp3) is 0.500. The highest BCUT2D eigenvalue weighted by Crippen LogP contribution is 2.19. The van der Waals surface area contributed by atoms with Crippen molar-refractivity contribution < 1.29 is 9.18 Å². The monoisotopic (exact) mass is 292 g/mol. The van der Waals surface area contributed by atoms with Crippen LogP contribution in [0.2, 0.25) is 0 Å². The van der Waals surface area contributed by atoms with Crippen molar-refractivity contribution in [3.05, 3.63) is 23.5 Å². The predicted molar refractivity (Wildman–Crippen MR) is 77.7 cm³/mol. The van der Waals surface area contributed by atoms with Crippen molar-refractivity contribution in [2.24, 2.45) is 4.99 Å². The van der Waals surface area contributed by atoms with E-state index in [2.05, 4.69) is 4.99 Å². The first-order valence-corrected chi connectivity index (χ1v) is 6.86. The molecule has 1 amide bonds. The molecule has 3 nitrogen and oxygen atoms in total. The highest BCUT2D eigenvalue weighted by atomic mass is 35.5. The van der Waals surface area contributed by atoms with Gasteiger partial charge in [-0.25, -0.2) is 4.39 Å². The van der Waals surface area contributed by atoms with Gasteiger partial charge in [-0.05, 0) is 26.2 Å². The molecule has 0 saturated heterocycles. The standard InChI is InChI=1S/C12H18ClFN2OS/c1-5-10(11(13)15-4)16(6-2)12(17)9(3)18-8-7-14/h5,7-9H,6H2,1-4H3/b8-7+,10-5+,15-11?. The minimum Gasteiger partial charge on any atom is -0.309 e. The van der Waals surface area contributed by atoms with Gasteiger partial charge >= 0.3 is 0 Å². The summed E-state index contributed by atoms with van der Waals surface area (Å²) in [6.07, 6.45) is 2.15. The van der Waals surface area contributed by atoms with Crippen LogP contribution >= 0.6 is 23.4 Å². The molecule has 1 atom stereocenters. The van der Waals surface area contributed by atoms with Crippen LogP contribution in [0.15, 0.2) is 28.5 Å². The molecule has 0 radical (unpaired) electrons. The van der Waals surface area contributed by atoms with E-state index in [1.165, 1.54) is 5.41 Å². The van der Waals surface area contributed by atoms with Crippen molar-refractivity contribution >= 4 is 34.4 Å². The Kier molecular flexibility index (Phi) is 8.75. The van der Waals surface area contributed by atoms with Crippen LogP contribution in [0.1, 0.15) is 20.8 Å². The number of amides is 1. The maximum absolute atomic E-state index is 12.2. The van der Waals surface area contributed by atoms with Gasteiger partial charge in [-0.3, -0.25) is 9.79 Å². The Bertz CT molecular complexity index is 369. The molecule has 0 aromatic rings. The smallest absolute Gasteiger partial charge is 0.240 e. The molecule has 0 heterocycles. The van der Waals surface area contributed by atoms with Crippen molar-refractivity contribution in [3.63, 3.8) is 0 Å². The number of nitrogens with zero attached hydrogens (tertiary/aromatic N) is 2. The molecule has 1 unspecified atom stereocenters. The second-order valence-electron chi connectivity index (χ2n) is 3.31. The molecule has 0 N–H and O–H groups in total. The van der Waals surface area contributed by atoms with E-state index >= 15 is 0 Å². The van der Waals surface area contributed by atoms with Crippen molar-refractivity contribution in [2.75, 3.05) is 13.6 Å². The lowest BCUT2D eigenvalue weighted by Crippen LogP contribution is -2.37. The van der Waals surface area contributed by atoms with Gasteiger partial charge in [0.25, 0.3) is 0 Å². The predicted octanol–water partition coefficient (Wildman–Crippen LogP) is 3.57. The van der Waals surface area contributed by atoms with Crippen LogP contribution < -0.4 is 0 Å². The summed E-state index contributed by atoms with van der Waals surface area (Å²) in [5, 5.41) is 1.15. The Morgan fingerprint density at radius 3 is 2.61 bits per heavy atom. The lowest BCUT2D eigenvalue weighted by molar-refractivity contribution is -0.127. The van der Waals surface area contributed by atoms with Gasteiger partial charge < -0.3 is 4.90 Å². The fourth-order valence-electron chi connectivity index (χ4n) is 1.37. The summed E-state index contributed by atoms with van der Waals surface area (Å²) in [6, 6.07) is 0. The number of rotatable bonds is 6. The van der Waals surface area contributed by atoms with Gasteiger partial charge in [-0.2, -0.15) is 0 Å². The highest BCUT2D eigenvalue weighted by Gasteiger charge is 2.23. The van der Waals surface area contributed by atoms with Gasteiger partial charge in [-0.15, -0.1) is 11.8 Å². The molecule has 0 aliphatic heterocycles. The van der Waals surface area contributed by atoms with E-state index < -0.39 is 0 Å². The zero-order valence-corrected chi connectivity index (χ0v) is 12.6. The molecule has 0 aromatic heterocycles. The quantitative estimate of drug-likeness (QED) is 0.701. The zero-order valence-electron chi connectivity index (χ0n) is 11.0. The molecular formula is C12H18ClFN2OS. The summed E-state index contributed by atoms with van der Waals surface area (Å²) >= 11 is 7.08. The van der Waals surface area contributed by atoms with Crippen molar-refractivity contribution in [1.29, 1.82) is 0 Å². The molecule has 0 rings (SSSR count). The molecule has 0 aromatic carbocycles. The van der Waals surface area contributed by atoms with Gasteiger partial charge in [0, 0.05) is 13.6 Å². The first-order valence-electron chi connectivity index (χ1n) is 5.54.